The first-order chi connectivity index (χ1) is 31.5. The number of fused-ring (bicyclic) bond motifs is 8. The average Bonchev–Trinajstić information content (AvgIpc) is 4.02. The number of aromatic nitrogens is 2. The molecular formula is C55H76MgN4O7-2. The molecule has 11 nitrogen and oxygen atoms in total. The van der Waals surface area contributed by atoms with Gasteiger partial charge in [-0.15, -0.1) is 22.4 Å². The van der Waals surface area contributed by atoms with Crippen LogP contribution < -0.4 is 20.5 Å². The Labute approximate surface area is 416 Å². The summed E-state index contributed by atoms with van der Waals surface area (Å²) in [5.74, 6) is -0.493. The number of aliphatic hydroxyl groups excluding tert-OH is 2. The molecule has 2 aromatic rings. The van der Waals surface area contributed by atoms with E-state index in [4.69, 9.17) is 30.1 Å². The fourth-order valence-electron chi connectivity index (χ4n) is 10.9. The second-order valence-corrected chi connectivity index (χ2v) is 20.3. The first kappa shape index (κ1) is 53.9. The van der Waals surface area contributed by atoms with Gasteiger partial charge in [0.15, 0.2) is 5.78 Å². The quantitative estimate of drug-likeness (QED) is 0.0536. The number of hydrogen-bond donors (Lipinski definition) is 2. The van der Waals surface area contributed by atoms with Crippen LogP contribution in [0.15, 0.2) is 28.7 Å². The molecule has 0 radical (unpaired) electrons. The first-order valence-corrected chi connectivity index (χ1v) is 24.9. The number of aliphatic hydroxyl groups is 2. The number of carbonyl (C=O) groups excluding carboxylic acids is 3. The molecule has 4 aliphatic rings. The van der Waals surface area contributed by atoms with Gasteiger partial charge in [-0.1, -0.05) is 141 Å². The molecule has 0 unspecified atom stereocenters. The Hall–Kier alpha value is -4.00. The van der Waals surface area contributed by atoms with Crippen LogP contribution in [0, 0.1) is 61.2 Å². The van der Waals surface area contributed by atoms with Crippen LogP contribution in [0.4, 0.5) is 0 Å². The van der Waals surface area contributed by atoms with Crippen LogP contribution in [-0.4, -0.2) is 77.4 Å². The van der Waals surface area contributed by atoms with E-state index in [0.717, 1.165) is 65.6 Å². The summed E-state index contributed by atoms with van der Waals surface area (Å²) in [4.78, 5) is 50.5. The summed E-state index contributed by atoms with van der Waals surface area (Å²) < 4.78 is 11.0. The number of carbonyl (C=O) groups is 3. The van der Waals surface area contributed by atoms with Crippen molar-refractivity contribution in [3.63, 3.8) is 0 Å². The molecule has 6 rings (SSSR count). The van der Waals surface area contributed by atoms with E-state index < -0.39 is 17.9 Å². The summed E-state index contributed by atoms with van der Waals surface area (Å²) in [6.45, 7) is 21.0. The second-order valence-electron chi connectivity index (χ2n) is 20.3. The second kappa shape index (κ2) is 24.0. The Morgan fingerprint density at radius 1 is 0.821 bits per heavy atom. The number of rotatable bonds is 21. The Balaban J connectivity index is 0.00000840. The summed E-state index contributed by atoms with van der Waals surface area (Å²) in [5, 5.41) is 33.5. The van der Waals surface area contributed by atoms with Crippen LogP contribution in [0.2, 0.25) is 0 Å². The van der Waals surface area contributed by atoms with Crippen molar-refractivity contribution in [3.8, 4) is 0 Å². The molecule has 362 valence electrons. The van der Waals surface area contributed by atoms with Crippen molar-refractivity contribution < 1.29 is 34.1 Å². The molecule has 2 saturated heterocycles. The van der Waals surface area contributed by atoms with Crippen LogP contribution in [0.1, 0.15) is 171 Å². The largest absolute Gasteiger partial charge is 2.00 e. The maximum Gasteiger partial charge on any atom is 2.00 e. The third-order valence-electron chi connectivity index (χ3n) is 15.1. The zero-order valence-corrected chi connectivity index (χ0v) is 43.8. The Morgan fingerprint density at radius 2 is 1.45 bits per heavy atom. The van der Waals surface area contributed by atoms with E-state index in [-0.39, 0.29) is 83.9 Å². The molecule has 0 amide bonds. The fourth-order valence-corrected chi connectivity index (χ4v) is 10.9. The number of Topliss-reactive ketones (excluding diaryl/α,β-unsaturated/α-hetero) is 1. The van der Waals surface area contributed by atoms with Crippen molar-refractivity contribution >= 4 is 70.3 Å². The molecule has 2 fully saturated rings. The number of methoxy groups -OCH3 is 1. The first-order valence-electron chi connectivity index (χ1n) is 24.9. The predicted molar refractivity (Wildman–Crippen MR) is 269 cm³/mol. The molecule has 3 aliphatic heterocycles. The van der Waals surface area contributed by atoms with Gasteiger partial charge < -0.3 is 40.3 Å². The summed E-state index contributed by atoms with van der Waals surface area (Å²) in [6.07, 6.45) is 19.5. The maximum atomic E-state index is 13.7. The van der Waals surface area contributed by atoms with Crippen molar-refractivity contribution in [2.75, 3.05) is 20.3 Å². The zero-order valence-electron chi connectivity index (χ0n) is 42.3. The van der Waals surface area contributed by atoms with Gasteiger partial charge in [0.05, 0.1) is 13.7 Å². The number of ether oxygens (including phenoxy) is 2. The molecule has 0 saturated carbocycles. The number of esters is 2. The third-order valence-corrected chi connectivity index (χ3v) is 15.1. The Kier molecular flexibility index (Phi) is 19.3. The van der Waals surface area contributed by atoms with E-state index in [9.17, 15) is 24.6 Å². The van der Waals surface area contributed by atoms with E-state index in [2.05, 4.69) is 48.5 Å². The molecule has 0 aromatic carbocycles. The number of hydrogen-bond acceptors (Lipinski definition) is 7. The van der Waals surface area contributed by atoms with Gasteiger partial charge in [-0.25, -0.2) is 0 Å². The van der Waals surface area contributed by atoms with Crippen LogP contribution >= 0.6 is 0 Å². The van der Waals surface area contributed by atoms with Gasteiger partial charge >= 0.3 is 35.0 Å². The standard InChI is InChI=1S/C55H77N4O7.Mg/c1-12-39-33(6)41-28-46-48(37(10)61)35(8)43(57-46)26-42-34(7)40(52(58-42)50-51(55(64)65-11)54(63)49-36(9)44(59-53(49)50)27-45(39)56-41)22-23-47(62)66-25-24-38(29-60)21-15-20-32(5)19-14-18-31(4)17-13-16-30(2)3;/h24,26-28,30-34,39-40,51-52,60H,12-23,25,29H2,1-11H3,(H2-,56,57,61,63);/q-3;+2/p-1/b38-24-,42-26-,45-27-;/t31-,32-,33-,34+,39-,40+,51-,52+;/m1./s1. The minimum Gasteiger partial charge on any atom is -0.681 e. The Bertz CT molecular complexity index is 2360. The molecule has 8 bridgehead atoms. The molecule has 1 aliphatic carbocycles. The van der Waals surface area contributed by atoms with Crippen molar-refractivity contribution in [1.82, 2.24) is 9.97 Å². The molecule has 67 heavy (non-hydrogen) atoms. The van der Waals surface area contributed by atoms with Gasteiger partial charge in [-0.05, 0) is 93.1 Å². The molecule has 0 spiro atoms. The smallest absolute Gasteiger partial charge is 0.681 e. The van der Waals surface area contributed by atoms with Crippen LogP contribution in [0.25, 0.3) is 40.2 Å². The van der Waals surface area contributed by atoms with E-state index in [1.165, 1.54) is 45.6 Å². The van der Waals surface area contributed by atoms with Crippen LogP contribution in [-0.2, 0) is 19.1 Å². The van der Waals surface area contributed by atoms with Crippen LogP contribution in [0.5, 0.6) is 0 Å². The predicted octanol–water partition coefficient (Wildman–Crippen LogP) is 10.1. The van der Waals surface area contributed by atoms with E-state index in [0.29, 0.717) is 56.8 Å². The minimum atomic E-state index is -1.12. The topological polar surface area (TPSA) is 167 Å². The normalized spacial score (nSPS) is 25.3. The van der Waals surface area contributed by atoms with Gasteiger partial charge in [-0.2, -0.15) is 17.1 Å². The van der Waals surface area contributed by atoms with Crippen molar-refractivity contribution in [3.05, 3.63) is 83.7 Å². The minimum absolute atomic E-state index is 0. The zero-order chi connectivity index (χ0) is 48.0. The van der Waals surface area contributed by atoms with E-state index >= 15 is 0 Å². The van der Waals surface area contributed by atoms with Gasteiger partial charge in [0.25, 0.3) is 0 Å². The summed E-state index contributed by atoms with van der Waals surface area (Å²) in [5.41, 5.74) is 7.68. The monoisotopic (exact) mass is 929 g/mol. The Morgan fingerprint density at radius 3 is 2.07 bits per heavy atom. The number of allylic oxidation sites excluding steroid dienone is 3. The maximum absolute atomic E-state index is 13.7. The summed E-state index contributed by atoms with van der Waals surface area (Å²) in [6, 6.07) is -0.649. The van der Waals surface area contributed by atoms with E-state index in [1.807, 2.05) is 38.2 Å². The van der Waals surface area contributed by atoms with Crippen molar-refractivity contribution in [2.24, 2.45) is 47.3 Å². The average molecular weight is 930 g/mol. The van der Waals surface area contributed by atoms with Gasteiger partial charge in [-0.3, -0.25) is 14.4 Å². The molecule has 12 heteroatoms. The van der Waals surface area contributed by atoms with Crippen molar-refractivity contribution in [1.29, 1.82) is 0 Å². The summed E-state index contributed by atoms with van der Waals surface area (Å²) in [7, 11) is 1.31. The fraction of sp³-hybridized carbons (Fsp3) is 0.618. The molecule has 5 heterocycles. The molecule has 2 N–H and O–H groups in total. The number of nitrogens with zero attached hydrogens (tertiary/aromatic N) is 4. The number of ketones is 1. The van der Waals surface area contributed by atoms with Gasteiger partial charge in [0, 0.05) is 17.2 Å². The van der Waals surface area contributed by atoms with Gasteiger partial charge in [0.2, 0.25) is 0 Å². The van der Waals surface area contributed by atoms with Crippen LogP contribution in [0.3, 0.4) is 0 Å². The molecule has 2 aromatic heterocycles. The molecular weight excluding hydrogens is 853 g/mol. The van der Waals surface area contributed by atoms with Crippen molar-refractivity contribution in [2.45, 2.75) is 152 Å². The summed E-state index contributed by atoms with van der Waals surface area (Å²) >= 11 is 0. The van der Waals surface area contributed by atoms with Gasteiger partial charge in [0.1, 0.15) is 18.3 Å². The SMILES string of the molecule is CC[C@H]1/C2=C/c3[n-]c4c(c3C)=C(O)[C@H](C(=O)OC)C=4[C@H]3[N-]/C(=C\c4[n-]c(c(C(C)=O)c4C)/C=C(\[N-]2)[C@@H]1C)[C@@H](C)[C@@H]3CCC(=O)OC/C=C(\CO)CCC[C@H](C)CCC[C@H](C)CCCC(C)C.[Mg+2]. The third kappa shape index (κ3) is 12.2. The molecule has 8 atom stereocenters. The van der Waals surface area contributed by atoms with E-state index in [1.54, 1.807) is 6.92 Å².